The van der Waals surface area contributed by atoms with Gasteiger partial charge in [0, 0.05) is 11.4 Å². The molecule has 4 nitrogen and oxygen atoms in total. The number of sulfonamides is 1. The number of hydrogen-bond acceptors (Lipinski definition) is 4. The first-order chi connectivity index (χ1) is 10.1. The van der Waals surface area contributed by atoms with Gasteiger partial charge in [-0.25, -0.2) is 13.1 Å². The Labute approximate surface area is 130 Å². The van der Waals surface area contributed by atoms with E-state index in [4.69, 9.17) is 0 Å². The summed E-state index contributed by atoms with van der Waals surface area (Å²) < 4.78 is 27.5. The molecule has 2 N–H and O–H groups in total. The van der Waals surface area contributed by atoms with Crippen molar-refractivity contribution in [1.29, 1.82) is 0 Å². The molecule has 0 aliphatic carbocycles. The van der Waals surface area contributed by atoms with Gasteiger partial charge in [0.2, 0.25) is 10.0 Å². The average molecular weight is 324 g/mol. The van der Waals surface area contributed by atoms with Crippen molar-refractivity contribution < 1.29 is 8.42 Å². The van der Waals surface area contributed by atoms with Crippen molar-refractivity contribution >= 4 is 21.4 Å². The van der Waals surface area contributed by atoms with Crippen molar-refractivity contribution in [3.05, 3.63) is 52.9 Å². The molecular weight excluding hydrogens is 304 g/mol. The Morgan fingerprint density at radius 2 is 1.86 bits per heavy atom. The molecule has 2 aromatic rings. The second-order valence-corrected chi connectivity index (χ2v) is 7.80. The van der Waals surface area contributed by atoms with Gasteiger partial charge in [-0.2, -0.15) is 0 Å². The second kappa shape index (κ2) is 7.70. The van der Waals surface area contributed by atoms with Gasteiger partial charge < -0.3 is 5.32 Å². The third-order valence-electron chi connectivity index (χ3n) is 3.01. The van der Waals surface area contributed by atoms with Gasteiger partial charge in [-0.1, -0.05) is 37.3 Å². The highest BCUT2D eigenvalue weighted by atomic mass is 32.2. The van der Waals surface area contributed by atoms with E-state index in [0.29, 0.717) is 10.8 Å². The van der Waals surface area contributed by atoms with Gasteiger partial charge in [0.1, 0.15) is 4.21 Å². The van der Waals surface area contributed by atoms with Crippen molar-refractivity contribution in [2.24, 2.45) is 0 Å². The van der Waals surface area contributed by atoms with Crippen molar-refractivity contribution in [2.45, 2.75) is 24.1 Å². The Bertz CT molecular complexity index is 651. The summed E-state index contributed by atoms with van der Waals surface area (Å²) in [4.78, 5) is 1.08. The molecule has 0 fully saturated rings. The van der Waals surface area contributed by atoms with Crippen LogP contribution in [-0.4, -0.2) is 21.5 Å². The number of thiophene rings is 1. The molecule has 0 saturated carbocycles. The van der Waals surface area contributed by atoms with Crippen LogP contribution in [0.25, 0.3) is 0 Å². The van der Waals surface area contributed by atoms with Crippen LogP contribution >= 0.6 is 11.3 Å². The summed E-state index contributed by atoms with van der Waals surface area (Å²) in [6, 6.07) is 13.1. The largest absolute Gasteiger partial charge is 0.317 e. The Morgan fingerprint density at radius 3 is 2.57 bits per heavy atom. The van der Waals surface area contributed by atoms with E-state index < -0.39 is 10.0 Å². The topological polar surface area (TPSA) is 58.2 Å². The lowest BCUT2D eigenvalue weighted by Gasteiger charge is -2.04. The number of rotatable bonds is 8. The molecular formula is C15H20N2O2S2. The molecule has 0 spiro atoms. The lowest BCUT2D eigenvalue weighted by Crippen LogP contribution is -2.22. The third kappa shape index (κ3) is 4.93. The van der Waals surface area contributed by atoms with Crippen LogP contribution in [0.15, 0.2) is 46.7 Å². The van der Waals surface area contributed by atoms with Crippen LogP contribution in [0.2, 0.25) is 0 Å². The first kappa shape index (κ1) is 16.2. The van der Waals surface area contributed by atoms with E-state index >= 15 is 0 Å². The molecule has 21 heavy (non-hydrogen) atoms. The Hall–Kier alpha value is -1.21. The standard InChI is InChI=1S/C15H20N2O2S2/c1-2-16-11-10-14-8-9-15(20-14)21(18,19)17-12-13-6-4-3-5-7-13/h3-9,16-17H,2,10-12H2,1H3. The van der Waals surface area contributed by atoms with Crippen LogP contribution in [-0.2, 0) is 23.0 Å². The maximum absolute atomic E-state index is 12.2. The van der Waals surface area contributed by atoms with Crippen molar-refractivity contribution in [3.63, 3.8) is 0 Å². The smallest absolute Gasteiger partial charge is 0.250 e. The molecule has 114 valence electrons. The zero-order chi connectivity index (χ0) is 15.1. The summed E-state index contributed by atoms with van der Waals surface area (Å²) >= 11 is 1.33. The molecule has 0 radical (unpaired) electrons. The quantitative estimate of drug-likeness (QED) is 0.733. The predicted octanol–water partition coefficient (Wildman–Crippen LogP) is 2.38. The van der Waals surface area contributed by atoms with Gasteiger partial charge in [0.25, 0.3) is 0 Å². The van der Waals surface area contributed by atoms with Crippen molar-refractivity contribution in [2.75, 3.05) is 13.1 Å². The number of benzene rings is 1. The zero-order valence-corrected chi connectivity index (χ0v) is 13.6. The van der Waals surface area contributed by atoms with Crippen molar-refractivity contribution in [1.82, 2.24) is 10.0 Å². The SMILES string of the molecule is CCNCCc1ccc(S(=O)(=O)NCc2ccccc2)s1. The van der Waals surface area contributed by atoms with Crippen LogP contribution in [0.4, 0.5) is 0 Å². The molecule has 0 bridgehead atoms. The minimum atomic E-state index is -3.42. The highest BCUT2D eigenvalue weighted by molar-refractivity contribution is 7.91. The van der Waals surface area contributed by atoms with Crippen LogP contribution in [0.1, 0.15) is 17.4 Å². The minimum Gasteiger partial charge on any atom is -0.317 e. The summed E-state index contributed by atoms with van der Waals surface area (Å²) in [5.41, 5.74) is 0.949. The fraction of sp³-hybridized carbons (Fsp3) is 0.333. The first-order valence-corrected chi connectivity index (χ1v) is 9.25. The highest BCUT2D eigenvalue weighted by Crippen LogP contribution is 2.22. The molecule has 0 aliphatic rings. The molecule has 1 aromatic heterocycles. The predicted molar refractivity (Wildman–Crippen MR) is 87.0 cm³/mol. The Balaban J connectivity index is 1.96. The van der Waals surface area contributed by atoms with E-state index in [-0.39, 0.29) is 0 Å². The molecule has 2 rings (SSSR count). The number of likely N-dealkylation sites (N-methyl/N-ethyl adjacent to an activating group) is 1. The highest BCUT2D eigenvalue weighted by Gasteiger charge is 2.16. The number of nitrogens with one attached hydrogen (secondary N) is 2. The fourth-order valence-electron chi connectivity index (χ4n) is 1.87. The van der Waals surface area contributed by atoms with Crippen LogP contribution in [0.3, 0.4) is 0 Å². The molecule has 1 aromatic carbocycles. The maximum atomic E-state index is 12.2. The summed E-state index contributed by atoms with van der Waals surface area (Å²) in [6.45, 7) is 4.16. The van der Waals surface area contributed by atoms with E-state index in [0.717, 1.165) is 30.0 Å². The third-order valence-corrected chi connectivity index (χ3v) is 6.05. The van der Waals surface area contributed by atoms with Gasteiger partial charge >= 0.3 is 0 Å². The summed E-state index contributed by atoms with van der Waals surface area (Å²) in [6.07, 6.45) is 0.854. The minimum absolute atomic E-state index is 0.313. The van der Waals surface area contributed by atoms with E-state index in [2.05, 4.69) is 17.0 Å². The lowest BCUT2D eigenvalue weighted by molar-refractivity contribution is 0.583. The number of hydrogen-bond donors (Lipinski definition) is 2. The molecule has 0 atom stereocenters. The van der Waals surface area contributed by atoms with Crippen molar-refractivity contribution in [3.8, 4) is 0 Å². The van der Waals surface area contributed by atoms with Crippen LogP contribution in [0, 0.1) is 0 Å². The van der Waals surface area contributed by atoms with Gasteiger partial charge in [-0.15, -0.1) is 11.3 Å². The van der Waals surface area contributed by atoms with E-state index in [1.807, 2.05) is 36.4 Å². The summed E-state index contributed by atoms with van der Waals surface area (Å²) in [7, 11) is -3.42. The zero-order valence-electron chi connectivity index (χ0n) is 12.0. The molecule has 0 aliphatic heterocycles. The Morgan fingerprint density at radius 1 is 1.10 bits per heavy atom. The van der Waals surface area contributed by atoms with Crippen LogP contribution in [0.5, 0.6) is 0 Å². The monoisotopic (exact) mass is 324 g/mol. The van der Waals surface area contributed by atoms with E-state index in [9.17, 15) is 8.42 Å². The average Bonchev–Trinajstić information content (AvgIpc) is 2.96. The van der Waals surface area contributed by atoms with Crippen LogP contribution < -0.4 is 10.0 Å². The molecule has 0 saturated heterocycles. The van der Waals surface area contributed by atoms with Gasteiger partial charge in [-0.05, 0) is 37.2 Å². The molecule has 6 heteroatoms. The van der Waals surface area contributed by atoms with Gasteiger partial charge in [0.05, 0.1) is 0 Å². The normalized spacial score (nSPS) is 11.7. The first-order valence-electron chi connectivity index (χ1n) is 6.95. The fourth-order valence-corrected chi connectivity index (χ4v) is 4.29. The van der Waals surface area contributed by atoms with E-state index in [1.54, 1.807) is 6.07 Å². The van der Waals surface area contributed by atoms with E-state index in [1.165, 1.54) is 11.3 Å². The van der Waals surface area contributed by atoms with Gasteiger partial charge in [-0.3, -0.25) is 0 Å². The molecule has 0 amide bonds. The summed E-state index contributed by atoms with van der Waals surface area (Å²) in [5, 5.41) is 3.23. The second-order valence-electron chi connectivity index (χ2n) is 4.63. The Kier molecular flexibility index (Phi) is 5.93. The maximum Gasteiger partial charge on any atom is 0.250 e. The lowest BCUT2D eigenvalue weighted by atomic mass is 10.2. The molecule has 0 unspecified atom stereocenters. The molecule has 1 heterocycles. The van der Waals surface area contributed by atoms with Gasteiger partial charge in [0.15, 0.2) is 0 Å². The summed E-state index contributed by atoms with van der Waals surface area (Å²) in [5.74, 6) is 0.